The number of anilines is 1. The van der Waals surface area contributed by atoms with E-state index < -0.39 is 0 Å². The lowest BCUT2D eigenvalue weighted by atomic mass is 9.81. The summed E-state index contributed by atoms with van der Waals surface area (Å²) in [5.74, 6) is 0.151. The molecule has 3 aliphatic rings. The van der Waals surface area contributed by atoms with Crippen LogP contribution in [0.4, 0.5) is 5.69 Å². The lowest BCUT2D eigenvalue weighted by Gasteiger charge is -2.28. The standard InChI is InChI=1S/C21H23Br2ClN2O3/c22-18-11-10-12(19(18)23)17-16(11)20(28)26(21(17)29)9-5-1-2-8-15(27)25-14-7-4-3-6-13(14)24/h3-4,6-7,11-12,16-19H,1-2,5,8-10H2,(H,25,27)/t11-,12-,16-,17-,18-,19+/m0/s1. The maximum atomic E-state index is 12.8. The monoisotopic (exact) mass is 544 g/mol. The minimum atomic E-state index is -0.146. The largest absolute Gasteiger partial charge is 0.325 e. The van der Waals surface area contributed by atoms with Crippen molar-refractivity contribution in [3.8, 4) is 0 Å². The second kappa shape index (κ2) is 8.67. The highest BCUT2D eigenvalue weighted by Gasteiger charge is 2.66. The average molecular weight is 547 g/mol. The highest BCUT2D eigenvalue weighted by atomic mass is 79.9. The smallest absolute Gasteiger partial charge is 0.233 e. The summed E-state index contributed by atoms with van der Waals surface area (Å²) in [6.07, 6.45) is 3.56. The second-order valence-electron chi connectivity index (χ2n) is 8.17. The molecule has 3 fully saturated rings. The Morgan fingerprint density at radius 2 is 1.66 bits per heavy atom. The number of unbranched alkanes of at least 4 members (excludes halogenated alkanes) is 2. The van der Waals surface area contributed by atoms with E-state index in [1.54, 1.807) is 12.1 Å². The Balaban J connectivity index is 1.22. The van der Waals surface area contributed by atoms with Gasteiger partial charge in [0.15, 0.2) is 0 Å². The molecule has 4 rings (SSSR count). The lowest BCUT2D eigenvalue weighted by Crippen LogP contribution is -2.37. The predicted molar refractivity (Wildman–Crippen MR) is 119 cm³/mol. The van der Waals surface area contributed by atoms with E-state index in [2.05, 4.69) is 37.2 Å². The van der Waals surface area contributed by atoms with Gasteiger partial charge in [-0.15, -0.1) is 0 Å². The molecule has 1 N–H and O–H groups in total. The van der Waals surface area contributed by atoms with Crippen LogP contribution in [-0.4, -0.2) is 38.8 Å². The summed E-state index contributed by atoms with van der Waals surface area (Å²) in [7, 11) is 0. The molecule has 1 aromatic carbocycles. The number of likely N-dealkylation sites (tertiary alicyclic amines) is 1. The molecule has 2 saturated carbocycles. The summed E-state index contributed by atoms with van der Waals surface area (Å²) in [5, 5.41) is 3.33. The van der Waals surface area contributed by atoms with E-state index in [4.69, 9.17) is 11.6 Å². The molecule has 0 aromatic heterocycles. The Morgan fingerprint density at radius 3 is 2.28 bits per heavy atom. The molecule has 8 heteroatoms. The molecular formula is C21H23Br2ClN2O3. The number of imide groups is 1. The number of amides is 3. The van der Waals surface area contributed by atoms with Crippen molar-refractivity contribution in [2.75, 3.05) is 11.9 Å². The van der Waals surface area contributed by atoms with Gasteiger partial charge in [-0.05, 0) is 43.2 Å². The molecule has 2 bridgehead atoms. The third-order valence-corrected chi connectivity index (χ3v) is 10.0. The van der Waals surface area contributed by atoms with Crippen LogP contribution in [0, 0.1) is 23.7 Å². The molecule has 1 saturated heterocycles. The number of para-hydroxylation sites is 1. The van der Waals surface area contributed by atoms with Gasteiger partial charge in [-0.2, -0.15) is 0 Å². The number of halogens is 3. The summed E-state index contributed by atoms with van der Waals surface area (Å²) in [6.45, 7) is 0.455. The van der Waals surface area contributed by atoms with Crippen LogP contribution in [0.5, 0.6) is 0 Å². The Kier molecular flexibility index (Phi) is 6.38. The van der Waals surface area contributed by atoms with Crippen molar-refractivity contribution in [2.45, 2.75) is 41.8 Å². The fourth-order valence-electron chi connectivity index (χ4n) is 5.14. The number of nitrogens with one attached hydrogen (secondary N) is 1. The average Bonchev–Trinajstić information content (AvgIpc) is 3.29. The Bertz CT molecular complexity index is 804. The molecule has 5 nitrogen and oxygen atoms in total. The van der Waals surface area contributed by atoms with Crippen molar-refractivity contribution in [2.24, 2.45) is 23.7 Å². The first-order valence-electron chi connectivity index (χ1n) is 10.1. The number of alkyl halides is 2. The van der Waals surface area contributed by atoms with E-state index in [1.807, 2.05) is 12.1 Å². The molecule has 1 heterocycles. The first kappa shape index (κ1) is 21.3. The SMILES string of the molecule is O=C(CCCCCN1C(=O)[C@H]2[C@@H]3C[C@H]([C@@H](Br)[C@H]3Br)[C@@H]2C1=O)Nc1ccccc1Cl. The zero-order valence-corrected chi connectivity index (χ0v) is 19.7. The number of hydrogen-bond donors (Lipinski definition) is 1. The van der Waals surface area contributed by atoms with Crippen LogP contribution in [0.2, 0.25) is 5.02 Å². The number of rotatable bonds is 7. The number of carbonyl (C=O) groups excluding carboxylic acids is 3. The zero-order chi connectivity index (χ0) is 20.7. The third kappa shape index (κ3) is 3.90. The van der Waals surface area contributed by atoms with Gasteiger partial charge in [-0.25, -0.2) is 0 Å². The van der Waals surface area contributed by atoms with Crippen LogP contribution in [0.15, 0.2) is 24.3 Å². The first-order chi connectivity index (χ1) is 13.9. The molecule has 3 amide bonds. The van der Waals surface area contributed by atoms with Crippen molar-refractivity contribution in [1.82, 2.24) is 4.90 Å². The Morgan fingerprint density at radius 1 is 1.03 bits per heavy atom. The zero-order valence-electron chi connectivity index (χ0n) is 15.8. The minimum absolute atomic E-state index is 0.00723. The maximum absolute atomic E-state index is 12.8. The van der Waals surface area contributed by atoms with Gasteiger partial charge in [0, 0.05) is 22.6 Å². The lowest BCUT2D eigenvalue weighted by molar-refractivity contribution is -0.140. The van der Waals surface area contributed by atoms with E-state index in [9.17, 15) is 14.4 Å². The van der Waals surface area contributed by atoms with Gasteiger partial charge in [0.05, 0.1) is 22.5 Å². The molecule has 2 aliphatic carbocycles. The maximum Gasteiger partial charge on any atom is 0.233 e. The highest BCUT2D eigenvalue weighted by molar-refractivity contribution is 9.12. The van der Waals surface area contributed by atoms with Crippen molar-refractivity contribution >= 4 is 66.9 Å². The number of nitrogens with zero attached hydrogens (tertiary/aromatic N) is 1. The number of benzene rings is 1. The van der Waals surface area contributed by atoms with Crippen molar-refractivity contribution in [1.29, 1.82) is 0 Å². The van der Waals surface area contributed by atoms with Gasteiger partial charge in [-0.1, -0.05) is 62.0 Å². The second-order valence-corrected chi connectivity index (χ2v) is 10.7. The summed E-state index contributed by atoms with van der Waals surface area (Å²) in [4.78, 5) is 39.7. The number of fused-ring (bicyclic) bond motifs is 5. The molecule has 29 heavy (non-hydrogen) atoms. The van der Waals surface area contributed by atoms with Gasteiger partial charge in [0.25, 0.3) is 0 Å². The van der Waals surface area contributed by atoms with Crippen LogP contribution in [0.3, 0.4) is 0 Å². The normalized spacial score (nSPS) is 32.7. The van der Waals surface area contributed by atoms with Crippen molar-refractivity contribution in [3.63, 3.8) is 0 Å². The fourth-order valence-corrected chi connectivity index (χ4v) is 7.19. The Labute approximate surface area is 192 Å². The molecule has 0 radical (unpaired) electrons. The van der Waals surface area contributed by atoms with Gasteiger partial charge in [-0.3, -0.25) is 19.3 Å². The molecule has 0 spiro atoms. The van der Waals surface area contributed by atoms with Crippen LogP contribution < -0.4 is 5.32 Å². The van der Waals surface area contributed by atoms with E-state index in [-0.39, 0.29) is 51.0 Å². The van der Waals surface area contributed by atoms with Gasteiger partial charge >= 0.3 is 0 Å². The summed E-state index contributed by atoms with van der Waals surface area (Å²) in [6, 6.07) is 7.14. The summed E-state index contributed by atoms with van der Waals surface area (Å²) < 4.78 is 0. The van der Waals surface area contributed by atoms with Crippen LogP contribution >= 0.6 is 43.5 Å². The fraction of sp³-hybridized carbons (Fsp3) is 0.571. The van der Waals surface area contributed by atoms with Gasteiger partial charge in [0.1, 0.15) is 0 Å². The topological polar surface area (TPSA) is 66.5 Å². The van der Waals surface area contributed by atoms with E-state index >= 15 is 0 Å². The number of carbonyl (C=O) groups is 3. The molecule has 1 aromatic rings. The predicted octanol–water partition coefficient (Wildman–Crippen LogP) is 4.62. The van der Waals surface area contributed by atoms with E-state index in [1.165, 1.54) is 4.90 Å². The molecule has 1 aliphatic heterocycles. The van der Waals surface area contributed by atoms with Crippen molar-refractivity contribution in [3.05, 3.63) is 29.3 Å². The number of hydrogen-bond acceptors (Lipinski definition) is 3. The van der Waals surface area contributed by atoms with Crippen molar-refractivity contribution < 1.29 is 14.4 Å². The highest BCUT2D eigenvalue weighted by Crippen LogP contribution is 2.60. The summed E-state index contributed by atoms with van der Waals surface area (Å²) >= 11 is 13.5. The summed E-state index contributed by atoms with van der Waals surface area (Å²) in [5.41, 5.74) is 0.615. The van der Waals surface area contributed by atoms with Crippen LogP contribution in [0.25, 0.3) is 0 Å². The van der Waals surface area contributed by atoms with E-state index in [0.717, 1.165) is 19.3 Å². The molecule has 0 unspecified atom stereocenters. The minimum Gasteiger partial charge on any atom is -0.325 e. The van der Waals surface area contributed by atoms with Gasteiger partial charge in [0.2, 0.25) is 17.7 Å². The van der Waals surface area contributed by atoms with Crippen LogP contribution in [0.1, 0.15) is 32.1 Å². The molecule has 156 valence electrons. The van der Waals surface area contributed by atoms with Crippen LogP contribution in [-0.2, 0) is 14.4 Å². The molecule has 6 atom stereocenters. The Hall–Kier alpha value is -0.920. The first-order valence-corrected chi connectivity index (χ1v) is 12.3. The van der Waals surface area contributed by atoms with E-state index in [0.29, 0.717) is 30.1 Å². The quantitative estimate of drug-likeness (QED) is 0.309. The molecular weight excluding hydrogens is 524 g/mol. The third-order valence-electron chi connectivity index (χ3n) is 6.51. The van der Waals surface area contributed by atoms with Gasteiger partial charge < -0.3 is 5.32 Å².